The highest BCUT2D eigenvalue weighted by molar-refractivity contribution is 6.00. The van der Waals surface area contributed by atoms with Crippen molar-refractivity contribution in [2.75, 3.05) is 57.8 Å². The van der Waals surface area contributed by atoms with Crippen LogP contribution >= 0.6 is 0 Å². The molecule has 62 heavy (non-hydrogen) atoms. The largest absolute Gasteiger partial charge is 0.393 e. The van der Waals surface area contributed by atoms with Crippen molar-refractivity contribution >= 4 is 39.8 Å². The van der Waals surface area contributed by atoms with E-state index in [9.17, 15) is 32.7 Å². The minimum atomic E-state index is -4.27. The zero-order chi connectivity index (χ0) is 43.4. The lowest BCUT2D eigenvalue weighted by atomic mass is 9.93. The van der Waals surface area contributed by atoms with Crippen LogP contribution in [0.2, 0.25) is 0 Å². The molecule has 5 heterocycles. The van der Waals surface area contributed by atoms with Crippen LogP contribution < -0.4 is 16.3 Å². The lowest BCUT2D eigenvalue weighted by Gasteiger charge is -2.34. The third-order valence-corrected chi connectivity index (χ3v) is 12.6. The SMILES string of the molecule is Cn1c(=O)n([C@H]2CCC(=O)NC2=O)c2ccc(CCCOCCCN3CCN(Cc4cccc(-c5cn([C@H]6CC[C@H](O)CC6)c6nc(NCCC(F)(F)F)ncc56)c4)CC3)cc21. The number of hydrogen-bond donors (Lipinski definition) is 3. The molecule has 3 aromatic heterocycles. The van der Waals surface area contributed by atoms with Crippen LogP contribution in [0.5, 0.6) is 0 Å². The van der Waals surface area contributed by atoms with Crippen molar-refractivity contribution in [1.82, 2.24) is 38.8 Å². The Hall–Kier alpha value is -5.10. The molecule has 0 radical (unpaired) electrons. The Morgan fingerprint density at radius 3 is 2.47 bits per heavy atom. The lowest BCUT2D eigenvalue weighted by Crippen LogP contribution is -2.46. The fraction of sp³-hybridized carbons (Fsp3) is 0.533. The number of carbonyl (C=O) groups excluding carboxylic acids is 2. The Balaban J connectivity index is 0.789. The molecular formula is C45H56F3N9O5. The van der Waals surface area contributed by atoms with E-state index in [2.05, 4.69) is 60.4 Å². The van der Waals surface area contributed by atoms with Crippen LogP contribution in [-0.2, 0) is 34.3 Å². The summed E-state index contributed by atoms with van der Waals surface area (Å²) in [5.74, 6) is -0.575. The molecule has 17 heteroatoms. The molecule has 3 fully saturated rings. The molecule has 8 rings (SSSR count). The molecule has 0 unspecified atom stereocenters. The van der Waals surface area contributed by atoms with Crippen LogP contribution in [0, 0.1) is 0 Å². The first-order chi connectivity index (χ1) is 29.9. The average molecular weight is 860 g/mol. The molecule has 1 aliphatic carbocycles. The number of imidazole rings is 1. The Bertz CT molecular complexity index is 2430. The van der Waals surface area contributed by atoms with Crippen molar-refractivity contribution < 1.29 is 32.6 Å². The number of alkyl halides is 3. The molecule has 0 spiro atoms. The van der Waals surface area contributed by atoms with Gasteiger partial charge in [0.05, 0.1) is 23.6 Å². The predicted molar refractivity (Wildman–Crippen MR) is 230 cm³/mol. The van der Waals surface area contributed by atoms with Gasteiger partial charge in [0.2, 0.25) is 17.8 Å². The molecule has 2 saturated heterocycles. The maximum Gasteiger partial charge on any atom is 0.390 e. The second kappa shape index (κ2) is 19.1. The van der Waals surface area contributed by atoms with Gasteiger partial charge in [-0.3, -0.25) is 28.9 Å². The van der Waals surface area contributed by atoms with Gasteiger partial charge in [0, 0.05) is 102 Å². The number of aryl methyl sites for hydroxylation is 2. The van der Waals surface area contributed by atoms with Gasteiger partial charge in [-0.2, -0.15) is 18.2 Å². The molecule has 3 N–H and O–H groups in total. The van der Waals surface area contributed by atoms with E-state index in [4.69, 9.17) is 9.72 Å². The van der Waals surface area contributed by atoms with E-state index >= 15 is 0 Å². The first kappa shape index (κ1) is 43.5. The van der Waals surface area contributed by atoms with E-state index in [0.29, 0.717) is 43.6 Å². The van der Waals surface area contributed by atoms with E-state index in [1.54, 1.807) is 17.8 Å². The van der Waals surface area contributed by atoms with E-state index < -0.39 is 24.5 Å². The van der Waals surface area contributed by atoms with Gasteiger partial charge in [0.15, 0.2) is 0 Å². The third kappa shape index (κ3) is 10.2. The number of halogens is 3. The number of amides is 2. The highest BCUT2D eigenvalue weighted by Gasteiger charge is 2.32. The number of nitrogens with one attached hydrogen (secondary N) is 2. The standard InChI is InChI=1S/C45H56F3N9O5/c1-53-39-26-30(8-13-37(39)57(44(53)61)38-14-15-40(59)51-42(38)60)6-3-23-62-24-4-18-54-19-21-55(22-20-54)28-31-5-2-7-32(25-31)36-29-56(33-9-11-34(58)12-10-33)41-35(36)27-50-43(52-41)49-17-16-45(46,47)48/h2,5,7-8,13,25-27,29,33-34,38,58H,3-4,6,9-12,14-24,28H2,1H3,(H,49,50,52)(H,51,59,60)/t33-,34-,38-/m0/s1. The third-order valence-electron chi connectivity index (χ3n) is 12.6. The number of fused-ring (bicyclic) bond motifs is 2. The van der Waals surface area contributed by atoms with Crippen LogP contribution in [0.4, 0.5) is 19.1 Å². The number of carbonyl (C=O) groups is 2. The monoisotopic (exact) mass is 859 g/mol. The van der Waals surface area contributed by atoms with Crippen molar-refractivity contribution in [1.29, 1.82) is 0 Å². The quantitative estimate of drug-likeness (QED) is 0.0830. The number of imide groups is 1. The maximum atomic E-state index is 13.1. The van der Waals surface area contributed by atoms with Crippen molar-refractivity contribution in [2.45, 2.75) is 95.1 Å². The van der Waals surface area contributed by atoms with Crippen LogP contribution in [0.3, 0.4) is 0 Å². The molecule has 332 valence electrons. The Morgan fingerprint density at radius 1 is 0.919 bits per heavy atom. The molecule has 2 amide bonds. The summed E-state index contributed by atoms with van der Waals surface area (Å²) in [7, 11) is 1.71. The second-order valence-corrected chi connectivity index (χ2v) is 17.0. The summed E-state index contributed by atoms with van der Waals surface area (Å²) in [4.78, 5) is 51.3. The molecule has 1 atom stereocenters. The first-order valence-corrected chi connectivity index (χ1v) is 21.9. The molecule has 0 bridgehead atoms. The number of hydrogen-bond acceptors (Lipinski definition) is 10. The lowest BCUT2D eigenvalue weighted by molar-refractivity contribution is -0.136. The molecule has 3 aliphatic rings. The Labute approximate surface area is 358 Å². The summed E-state index contributed by atoms with van der Waals surface area (Å²) < 4.78 is 49.7. The number of benzene rings is 2. The number of aliphatic hydroxyl groups is 1. The summed E-state index contributed by atoms with van der Waals surface area (Å²) in [6, 6.07) is 13.8. The van der Waals surface area contributed by atoms with Crippen LogP contribution in [0.1, 0.15) is 81.0 Å². The van der Waals surface area contributed by atoms with Crippen LogP contribution in [0.25, 0.3) is 33.2 Å². The van der Waals surface area contributed by atoms with Gasteiger partial charge in [-0.05, 0) is 86.3 Å². The Kier molecular flexibility index (Phi) is 13.4. The molecule has 5 aromatic rings. The number of piperidine rings is 1. The van der Waals surface area contributed by atoms with E-state index in [1.807, 2.05) is 18.2 Å². The summed E-state index contributed by atoms with van der Waals surface area (Å²) in [6.07, 6.45) is 4.35. The maximum absolute atomic E-state index is 13.1. The molecule has 2 aliphatic heterocycles. The fourth-order valence-corrected chi connectivity index (χ4v) is 9.21. The van der Waals surface area contributed by atoms with Crippen molar-refractivity contribution in [3.8, 4) is 11.1 Å². The van der Waals surface area contributed by atoms with E-state index in [-0.39, 0.29) is 42.7 Å². The minimum absolute atomic E-state index is 0.126. The van der Waals surface area contributed by atoms with Gasteiger partial charge in [-0.25, -0.2) is 9.78 Å². The summed E-state index contributed by atoms with van der Waals surface area (Å²) in [6.45, 7) is 6.72. The molecular weight excluding hydrogens is 804 g/mol. The van der Waals surface area contributed by atoms with Crippen molar-refractivity contribution in [3.63, 3.8) is 0 Å². The van der Waals surface area contributed by atoms with Gasteiger partial charge >= 0.3 is 11.9 Å². The van der Waals surface area contributed by atoms with Crippen molar-refractivity contribution in [3.05, 3.63) is 76.5 Å². The Morgan fingerprint density at radius 2 is 1.69 bits per heavy atom. The van der Waals surface area contributed by atoms with Crippen LogP contribution in [-0.4, -0.2) is 115 Å². The minimum Gasteiger partial charge on any atom is -0.393 e. The van der Waals surface area contributed by atoms with Gasteiger partial charge < -0.3 is 24.6 Å². The van der Waals surface area contributed by atoms with Gasteiger partial charge in [0.25, 0.3) is 0 Å². The predicted octanol–water partition coefficient (Wildman–Crippen LogP) is 5.73. The number of anilines is 1. The number of nitrogens with zero attached hydrogens (tertiary/aromatic N) is 7. The molecule has 1 saturated carbocycles. The number of aliphatic hydroxyl groups excluding tert-OH is 1. The highest BCUT2D eigenvalue weighted by Crippen LogP contribution is 2.37. The zero-order valence-corrected chi connectivity index (χ0v) is 35.2. The van der Waals surface area contributed by atoms with Crippen molar-refractivity contribution in [2.24, 2.45) is 7.05 Å². The summed E-state index contributed by atoms with van der Waals surface area (Å²) >= 11 is 0. The zero-order valence-electron chi connectivity index (χ0n) is 35.2. The van der Waals surface area contributed by atoms with Crippen LogP contribution in [0.15, 0.2) is 59.7 Å². The first-order valence-electron chi connectivity index (χ1n) is 21.9. The van der Waals surface area contributed by atoms with E-state index in [1.165, 1.54) is 10.1 Å². The number of piperazine rings is 1. The van der Waals surface area contributed by atoms with Gasteiger partial charge in [0.1, 0.15) is 11.7 Å². The molecule has 14 nitrogen and oxygen atoms in total. The number of rotatable bonds is 16. The fourth-order valence-electron chi connectivity index (χ4n) is 9.21. The summed E-state index contributed by atoms with van der Waals surface area (Å²) in [5, 5.41) is 16.1. The van der Waals surface area contributed by atoms with Gasteiger partial charge in [-0.1, -0.05) is 24.3 Å². The number of ether oxygens (including phenoxy) is 1. The van der Waals surface area contributed by atoms with E-state index in [0.717, 1.165) is 99.0 Å². The smallest absolute Gasteiger partial charge is 0.390 e. The number of aromatic nitrogens is 5. The highest BCUT2D eigenvalue weighted by atomic mass is 19.4. The topological polar surface area (TPSA) is 152 Å². The average Bonchev–Trinajstić information content (AvgIpc) is 3.74. The normalized spacial score (nSPS) is 20.6. The molecule has 2 aromatic carbocycles. The second-order valence-electron chi connectivity index (χ2n) is 17.0. The summed E-state index contributed by atoms with van der Waals surface area (Å²) in [5.41, 5.74) is 6.18. The van der Waals surface area contributed by atoms with Gasteiger partial charge in [-0.15, -0.1) is 0 Å².